The van der Waals surface area contributed by atoms with Gasteiger partial charge >= 0.3 is 0 Å². The average Bonchev–Trinajstić information content (AvgIpc) is 2.78. The van der Waals surface area contributed by atoms with Gasteiger partial charge in [0, 0.05) is 17.3 Å². The maximum atomic E-state index is 4.73. The Labute approximate surface area is 88.7 Å². The second kappa shape index (κ2) is 3.63. The molecule has 1 saturated heterocycles. The summed E-state index contributed by atoms with van der Waals surface area (Å²) in [4.78, 5) is 6.30. The van der Waals surface area contributed by atoms with Gasteiger partial charge in [-0.2, -0.15) is 0 Å². The number of hydrogen-bond acceptors (Lipinski definition) is 3. The molecule has 1 N–H and O–H groups in total. The lowest BCUT2D eigenvalue weighted by molar-refractivity contribution is 0.600. The SMILES string of the molecule is C1Cc2nc(CC3CCCN3)sc2C1. The number of nitrogens with one attached hydrogen (secondary N) is 1. The number of hydrogen-bond donors (Lipinski definition) is 1. The molecule has 0 radical (unpaired) electrons. The second-order valence-corrected chi connectivity index (χ2v) is 5.50. The van der Waals surface area contributed by atoms with E-state index in [4.69, 9.17) is 4.98 Å². The summed E-state index contributed by atoms with van der Waals surface area (Å²) < 4.78 is 0. The van der Waals surface area contributed by atoms with Gasteiger partial charge in [-0.05, 0) is 38.6 Å². The summed E-state index contributed by atoms with van der Waals surface area (Å²) >= 11 is 1.96. The Morgan fingerprint density at radius 1 is 1.36 bits per heavy atom. The molecule has 0 amide bonds. The maximum Gasteiger partial charge on any atom is 0.0946 e. The first-order chi connectivity index (χ1) is 6.92. The molecule has 1 unspecified atom stereocenters. The molecule has 0 spiro atoms. The van der Waals surface area contributed by atoms with E-state index in [-0.39, 0.29) is 0 Å². The number of nitrogens with zero attached hydrogens (tertiary/aromatic N) is 1. The Morgan fingerprint density at radius 2 is 2.36 bits per heavy atom. The summed E-state index contributed by atoms with van der Waals surface area (Å²) in [5.41, 5.74) is 1.41. The molecular weight excluding hydrogens is 192 g/mol. The van der Waals surface area contributed by atoms with Crippen molar-refractivity contribution in [2.24, 2.45) is 0 Å². The fraction of sp³-hybridized carbons (Fsp3) is 0.727. The number of aryl methyl sites for hydroxylation is 2. The van der Waals surface area contributed by atoms with Crippen LogP contribution >= 0.6 is 11.3 Å². The van der Waals surface area contributed by atoms with E-state index in [1.807, 2.05) is 11.3 Å². The highest BCUT2D eigenvalue weighted by atomic mass is 32.1. The van der Waals surface area contributed by atoms with Crippen LogP contribution in [0.2, 0.25) is 0 Å². The zero-order valence-corrected chi connectivity index (χ0v) is 9.20. The van der Waals surface area contributed by atoms with Crippen LogP contribution in [0.3, 0.4) is 0 Å². The lowest BCUT2D eigenvalue weighted by Gasteiger charge is -2.06. The first kappa shape index (κ1) is 8.86. The molecular formula is C11H16N2S. The van der Waals surface area contributed by atoms with E-state index in [1.54, 1.807) is 4.88 Å². The first-order valence-electron chi connectivity index (χ1n) is 5.62. The highest BCUT2D eigenvalue weighted by Gasteiger charge is 2.20. The van der Waals surface area contributed by atoms with Crippen molar-refractivity contribution in [1.82, 2.24) is 10.3 Å². The minimum absolute atomic E-state index is 0.710. The molecule has 14 heavy (non-hydrogen) atoms. The molecule has 76 valence electrons. The molecule has 1 aromatic rings. The predicted molar refractivity (Wildman–Crippen MR) is 58.9 cm³/mol. The first-order valence-corrected chi connectivity index (χ1v) is 6.44. The van der Waals surface area contributed by atoms with Crippen molar-refractivity contribution in [3.8, 4) is 0 Å². The molecule has 1 aliphatic carbocycles. The maximum absolute atomic E-state index is 4.73. The number of rotatable bonds is 2. The van der Waals surface area contributed by atoms with E-state index in [1.165, 1.54) is 49.4 Å². The van der Waals surface area contributed by atoms with E-state index in [2.05, 4.69) is 5.32 Å². The topological polar surface area (TPSA) is 24.9 Å². The largest absolute Gasteiger partial charge is 0.314 e. The highest BCUT2D eigenvalue weighted by Crippen LogP contribution is 2.28. The van der Waals surface area contributed by atoms with Crippen LogP contribution in [0.15, 0.2) is 0 Å². The van der Waals surface area contributed by atoms with E-state index >= 15 is 0 Å². The lowest BCUT2D eigenvalue weighted by Crippen LogP contribution is -2.23. The number of thiazole rings is 1. The summed E-state index contributed by atoms with van der Waals surface area (Å²) in [6.07, 6.45) is 7.68. The van der Waals surface area contributed by atoms with Crippen molar-refractivity contribution < 1.29 is 0 Å². The molecule has 0 bridgehead atoms. The van der Waals surface area contributed by atoms with Gasteiger partial charge in [0.25, 0.3) is 0 Å². The standard InChI is InChI=1S/C11H16N2S/c1-4-9-10(5-1)14-11(13-9)7-8-3-2-6-12-8/h8,12H,1-7H2. The van der Waals surface area contributed by atoms with Crippen LogP contribution in [0.5, 0.6) is 0 Å². The highest BCUT2D eigenvalue weighted by molar-refractivity contribution is 7.11. The lowest BCUT2D eigenvalue weighted by atomic mass is 10.2. The quantitative estimate of drug-likeness (QED) is 0.803. The van der Waals surface area contributed by atoms with Crippen LogP contribution in [0.1, 0.15) is 34.8 Å². The van der Waals surface area contributed by atoms with E-state index in [9.17, 15) is 0 Å². The predicted octanol–water partition coefficient (Wildman–Crippen LogP) is 1.93. The Balaban J connectivity index is 1.71. The Morgan fingerprint density at radius 3 is 3.14 bits per heavy atom. The van der Waals surface area contributed by atoms with Crippen molar-refractivity contribution >= 4 is 11.3 Å². The molecule has 0 aromatic carbocycles. The normalized spacial score (nSPS) is 25.6. The molecule has 1 atom stereocenters. The molecule has 1 aliphatic heterocycles. The van der Waals surface area contributed by atoms with Crippen LogP contribution in [-0.2, 0) is 19.3 Å². The summed E-state index contributed by atoms with van der Waals surface area (Å²) in [7, 11) is 0. The summed E-state index contributed by atoms with van der Waals surface area (Å²) in [6, 6.07) is 0.710. The Bertz CT molecular complexity index is 305. The zero-order valence-electron chi connectivity index (χ0n) is 8.38. The van der Waals surface area contributed by atoms with Crippen molar-refractivity contribution in [3.05, 3.63) is 15.6 Å². The third-order valence-corrected chi connectivity index (χ3v) is 4.40. The number of aromatic nitrogens is 1. The molecule has 1 fully saturated rings. The molecule has 0 saturated carbocycles. The third-order valence-electron chi connectivity index (χ3n) is 3.22. The van der Waals surface area contributed by atoms with E-state index in [0.717, 1.165) is 6.42 Å². The van der Waals surface area contributed by atoms with E-state index in [0.29, 0.717) is 6.04 Å². The van der Waals surface area contributed by atoms with Crippen LogP contribution in [0.25, 0.3) is 0 Å². The summed E-state index contributed by atoms with van der Waals surface area (Å²) in [5.74, 6) is 0. The molecule has 2 aliphatic rings. The van der Waals surface area contributed by atoms with Gasteiger partial charge in [-0.3, -0.25) is 0 Å². The van der Waals surface area contributed by atoms with Crippen molar-refractivity contribution in [2.45, 2.75) is 44.6 Å². The van der Waals surface area contributed by atoms with Crippen molar-refractivity contribution in [2.75, 3.05) is 6.54 Å². The second-order valence-electron chi connectivity index (χ2n) is 4.33. The Hall–Kier alpha value is -0.410. The van der Waals surface area contributed by atoms with Gasteiger partial charge in [0.1, 0.15) is 0 Å². The minimum Gasteiger partial charge on any atom is -0.314 e. The third kappa shape index (κ3) is 1.59. The summed E-state index contributed by atoms with van der Waals surface area (Å²) in [5, 5.41) is 4.91. The van der Waals surface area contributed by atoms with Crippen LogP contribution in [-0.4, -0.2) is 17.6 Å². The molecule has 3 heteroatoms. The fourth-order valence-electron chi connectivity index (χ4n) is 2.47. The molecule has 2 heterocycles. The number of fused-ring (bicyclic) bond motifs is 1. The molecule has 2 nitrogen and oxygen atoms in total. The van der Waals surface area contributed by atoms with Gasteiger partial charge in [0.15, 0.2) is 0 Å². The smallest absolute Gasteiger partial charge is 0.0946 e. The Kier molecular flexibility index (Phi) is 2.30. The summed E-state index contributed by atoms with van der Waals surface area (Å²) in [6.45, 7) is 1.20. The van der Waals surface area contributed by atoms with Gasteiger partial charge < -0.3 is 5.32 Å². The van der Waals surface area contributed by atoms with Crippen LogP contribution in [0, 0.1) is 0 Å². The van der Waals surface area contributed by atoms with Crippen LogP contribution < -0.4 is 5.32 Å². The van der Waals surface area contributed by atoms with Gasteiger partial charge in [-0.25, -0.2) is 4.98 Å². The zero-order chi connectivity index (χ0) is 9.38. The minimum atomic E-state index is 0.710. The van der Waals surface area contributed by atoms with Gasteiger partial charge in [0.2, 0.25) is 0 Å². The van der Waals surface area contributed by atoms with E-state index < -0.39 is 0 Å². The van der Waals surface area contributed by atoms with Gasteiger partial charge in [-0.15, -0.1) is 11.3 Å². The van der Waals surface area contributed by atoms with Crippen molar-refractivity contribution in [3.63, 3.8) is 0 Å². The van der Waals surface area contributed by atoms with Crippen molar-refractivity contribution in [1.29, 1.82) is 0 Å². The average molecular weight is 208 g/mol. The van der Waals surface area contributed by atoms with Gasteiger partial charge in [0.05, 0.1) is 10.7 Å². The fourth-order valence-corrected chi connectivity index (χ4v) is 3.71. The molecule has 3 rings (SSSR count). The monoisotopic (exact) mass is 208 g/mol. The molecule has 1 aromatic heterocycles. The van der Waals surface area contributed by atoms with Crippen LogP contribution in [0.4, 0.5) is 0 Å². The van der Waals surface area contributed by atoms with Gasteiger partial charge in [-0.1, -0.05) is 0 Å².